The summed E-state index contributed by atoms with van der Waals surface area (Å²) in [5.41, 5.74) is 0.533. The number of rotatable bonds is 2. The van der Waals surface area contributed by atoms with Crippen molar-refractivity contribution in [1.82, 2.24) is 0 Å². The van der Waals surface area contributed by atoms with E-state index in [9.17, 15) is 9.18 Å². The fourth-order valence-corrected chi connectivity index (χ4v) is 2.70. The fraction of sp³-hybridized carbons (Fsp3) is 0. The summed E-state index contributed by atoms with van der Waals surface area (Å²) in [7, 11) is 0. The van der Waals surface area contributed by atoms with Crippen LogP contribution < -0.4 is 0 Å². The number of carbonyl (C=O) groups excluding carboxylic acids is 1. The molecule has 0 aliphatic rings. The molecular weight excluding hydrogens is 394 g/mol. The van der Waals surface area contributed by atoms with Crippen LogP contribution >= 0.6 is 34.2 Å². The molecule has 0 spiro atoms. The molecule has 0 atom stereocenters. The van der Waals surface area contributed by atoms with Gasteiger partial charge in [-0.1, -0.05) is 23.7 Å². The summed E-state index contributed by atoms with van der Waals surface area (Å²) in [5, 5.41) is 1.03. The van der Waals surface area contributed by atoms with Gasteiger partial charge in [0.05, 0.1) is 0 Å². The third-order valence-electron chi connectivity index (χ3n) is 2.89. The zero-order chi connectivity index (χ0) is 14.3. The van der Waals surface area contributed by atoms with E-state index in [1.54, 1.807) is 30.3 Å². The van der Waals surface area contributed by atoms with Gasteiger partial charge in [-0.3, -0.25) is 4.79 Å². The Kier molecular flexibility index (Phi) is 3.52. The molecule has 20 heavy (non-hydrogen) atoms. The highest BCUT2D eigenvalue weighted by Crippen LogP contribution is 2.26. The number of ketones is 1. The van der Waals surface area contributed by atoms with Crippen molar-refractivity contribution in [2.75, 3.05) is 0 Å². The molecule has 100 valence electrons. The van der Waals surface area contributed by atoms with Crippen LogP contribution in [0.25, 0.3) is 11.0 Å². The largest absolute Gasteiger partial charge is 0.449 e. The number of fused-ring (bicyclic) bond motifs is 1. The van der Waals surface area contributed by atoms with Crippen molar-refractivity contribution in [3.05, 3.63) is 68.2 Å². The molecule has 2 nitrogen and oxygen atoms in total. The van der Waals surface area contributed by atoms with E-state index in [-0.39, 0.29) is 17.1 Å². The first-order valence-electron chi connectivity index (χ1n) is 5.74. The molecule has 0 amide bonds. The second-order valence-corrected chi connectivity index (χ2v) is 5.82. The van der Waals surface area contributed by atoms with Crippen LogP contribution in [0.2, 0.25) is 5.02 Å². The average molecular weight is 401 g/mol. The van der Waals surface area contributed by atoms with E-state index in [0.717, 1.165) is 3.57 Å². The lowest BCUT2D eigenvalue weighted by Crippen LogP contribution is -2.02. The first kappa shape index (κ1) is 13.6. The Hall–Kier alpha value is -1.40. The Balaban J connectivity index is 2.13. The standard InChI is InChI=1S/C15H7ClFIO2/c16-9-4-5-12(18)10(7-9)14(19)13-6-8-2-1-3-11(17)15(8)20-13/h1-7H. The molecule has 5 heteroatoms. The summed E-state index contributed by atoms with van der Waals surface area (Å²) in [5.74, 6) is -0.694. The van der Waals surface area contributed by atoms with Gasteiger partial charge in [0.15, 0.2) is 17.2 Å². The molecule has 2 aromatic carbocycles. The van der Waals surface area contributed by atoms with E-state index in [2.05, 4.69) is 0 Å². The molecule has 1 heterocycles. The topological polar surface area (TPSA) is 30.2 Å². The zero-order valence-corrected chi connectivity index (χ0v) is 12.9. The Morgan fingerprint density at radius 3 is 2.75 bits per heavy atom. The quantitative estimate of drug-likeness (QED) is 0.444. The van der Waals surface area contributed by atoms with Crippen molar-refractivity contribution < 1.29 is 13.6 Å². The van der Waals surface area contributed by atoms with E-state index < -0.39 is 5.82 Å². The maximum absolute atomic E-state index is 13.6. The summed E-state index contributed by atoms with van der Waals surface area (Å²) in [4.78, 5) is 12.4. The molecule has 0 aliphatic heterocycles. The van der Waals surface area contributed by atoms with Crippen molar-refractivity contribution in [3.63, 3.8) is 0 Å². The first-order valence-corrected chi connectivity index (χ1v) is 7.20. The van der Waals surface area contributed by atoms with Gasteiger partial charge in [0.2, 0.25) is 5.78 Å². The highest BCUT2D eigenvalue weighted by Gasteiger charge is 2.18. The number of halogens is 3. The van der Waals surface area contributed by atoms with Gasteiger partial charge in [0, 0.05) is 19.5 Å². The highest BCUT2D eigenvalue weighted by molar-refractivity contribution is 14.1. The lowest BCUT2D eigenvalue weighted by molar-refractivity contribution is 0.101. The van der Waals surface area contributed by atoms with E-state index in [1.807, 2.05) is 22.6 Å². The number of hydrogen-bond acceptors (Lipinski definition) is 2. The van der Waals surface area contributed by atoms with Gasteiger partial charge in [-0.05, 0) is 52.9 Å². The zero-order valence-electron chi connectivity index (χ0n) is 9.99. The van der Waals surface area contributed by atoms with Gasteiger partial charge >= 0.3 is 0 Å². The minimum atomic E-state index is -0.484. The van der Waals surface area contributed by atoms with Crippen LogP contribution in [-0.2, 0) is 0 Å². The summed E-state index contributed by atoms with van der Waals surface area (Å²) in [6.45, 7) is 0. The molecule has 3 rings (SSSR count). The molecular formula is C15H7ClFIO2. The number of hydrogen-bond donors (Lipinski definition) is 0. The molecule has 0 unspecified atom stereocenters. The van der Waals surface area contributed by atoms with E-state index in [1.165, 1.54) is 12.1 Å². The summed E-state index contributed by atoms with van der Waals surface area (Å²) >= 11 is 7.96. The van der Waals surface area contributed by atoms with Gasteiger partial charge in [-0.25, -0.2) is 4.39 Å². The third-order valence-corrected chi connectivity index (χ3v) is 4.07. The summed E-state index contributed by atoms with van der Waals surface area (Å²) in [6, 6.07) is 11.1. The molecule has 3 aromatic rings. The Morgan fingerprint density at radius 1 is 1.20 bits per heavy atom. The first-order chi connectivity index (χ1) is 9.56. The third kappa shape index (κ3) is 2.33. The second kappa shape index (κ2) is 5.18. The van der Waals surface area contributed by atoms with Crippen molar-refractivity contribution in [2.45, 2.75) is 0 Å². The maximum atomic E-state index is 13.6. The number of furan rings is 1. The van der Waals surface area contributed by atoms with Crippen LogP contribution in [0, 0.1) is 9.39 Å². The molecule has 0 fully saturated rings. The van der Waals surface area contributed by atoms with Gasteiger partial charge in [-0.15, -0.1) is 0 Å². The Bertz CT molecular complexity index is 826. The number of para-hydroxylation sites is 1. The van der Waals surface area contributed by atoms with Gasteiger partial charge in [0.1, 0.15) is 0 Å². The number of benzene rings is 2. The number of carbonyl (C=O) groups is 1. The monoisotopic (exact) mass is 400 g/mol. The lowest BCUT2D eigenvalue weighted by Gasteiger charge is -2.01. The van der Waals surface area contributed by atoms with Crippen LogP contribution in [-0.4, -0.2) is 5.78 Å². The minimum Gasteiger partial charge on any atom is -0.449 e. The predicted octanol–water partition coefficient (Wildman–Crippen LogP) is 5.06. The molecule has 0 saturated heterocycles. The van der Waals surface area contributed by atoms with E-state index in [0.29, 0.717) is 16.0 Å². The summed E-state index contributed by atoms with van der Waals surface area (Å²) < 4.78 is 19.7. The van der Waals surface area contributed by atoms with E-state index >= 15 is 0 Å². The van der Waals surface area contributed by atoms with Gasteiger partial charge in [0.25, 0.3) is 0 Å². The second-order valence-electron chi connectivity index (χ2n) is 4.22. The highest BCUT2D eigenvalue weighted by atomic mass is 127. The van der Waals surface area contributed by atoms with Crippen LogP contribution in [0.1, 0.15) is 16.1 Å². The van der Waals surface area contributed by atoms with Crippen LogP contribution in [0.5, 0.6) is 0 Å². The van der Waals surface area contributed by atoms with Crippen molar-refractivity contribution >= 4 is 50.9 Å². The van der Waals surface area contributed by atoms with Crippen molar-refractivity contribution in [1.29, 1.82) is 0 Å². The van der Waals surface area contributed by atoms with Crippen LogP contribution in [0.4, 0.5) is 4.39 Å². The smallest absolute Gasteiger partial charge is 0.229 e. The average Bonchev–Trinajstić information content (AvgIpc) is 2.86. The minimum absolute atomic E-state index is 0.0906. The molecule has 0 radical (unpaired) electrons. The molecule has 0 saturated carbocycles. The van der Waals surface area contributed by atoms with Gasteiger partial charge in [-0.2, -0.15) is 0 Å². The van der Waals surface area contributed by atoms with Crippen LogP contribution in [0.3, 0.4) is 0 Å². The van der Waals surface area contributed by atoms with Crippen LogP contribution in [0.15, 0.2) is 46.9 Å². The molecule has 0 bridgehead atoms. The summed E-state index contributed by atoms with van der Waals surface area (Å²) in [6.07, 6.45) is 0. The Labute approximate surface area is 132 Å². The maximum Gasteiger partial charge on any atom is 0.229 e. The SMILES string of the molecule is O=C(c1cc2cccc(F)c2o1)c1cc(Cl)ccc1I. The lowest BCUT2D eigenvalue weighted by atomic mass is 10.1. The van der Waals surface area contributed by atoms with Crippen molar-refractivity contribution in [3.8, 4) is 0 Å². The predicted molar refractivity (Wildman–Crippen MR) is 83.8 cm³/mol. The molecule has 0 N–H and O–H groups in total. The Morgan fingerprint density at radius 2 is 2.00 bits per heavy atom. The van der Waals surface area contributed by atoms with Gasteiger partial charge < -0.3 is 4.42 Å². The molecule has 0 aliphatic carbocycles. The molecule has 1 aromatic heterocycles. The van der Waals surface area contributed by atoms with E-state index in [4.69, 9.17) is 16.0 Å². The fourth-order valence-electron chi connectivity index (χ4n) is 1.94. The van der Waals surface area contributed by atoms with Crippen molar-refractivity contribution in [2.24, 2.45) is 0 Å². The normalized spacial score (nSPS) is 10.9.